The van der Waals surface area contributed by atoms with Gasteiger partial charge in [0, 0.05) is 44.3 Å². The molecule has 0 radical (unpaired) electrons. The molecule has 0 unspecified atom stereocenters. The molecular formula is C26H33F3N6O3. The predicted octanol–water partition coefficient (Wildman–Crippen LogP) is 3.49. The van der Waals surface area contributed by atoms with Crippen LogP contribution in [0.4, 0.5) is 18.0 Å². The van der Waals surface area contributed by atoms with Crippen molar-refractivity contribution in [2.75, 3.05) is 26.2 Å². The molecule has 2 aliphatic rings. The highest BCUT2D eigenvalue weighted by molar-refractivity contribution is 5.95. The van der Waals surface area contributed by atoms with Gasteiger partial charge in [0.2, 0.25) is 5.91 Å². The van der Waals surface area contributed by atoms with Gasteiger partial charge in [-0.2, -0.15) is 18.3 Å². The Labute approximate surface area is 219 Å². The van der Waals surface area contributed by atoms with Gasteiger partial charge in [-0.25, -0.2) is 9.48 Å². The fraction of sp³-hybridized carbons (Fsp3) is 0.538. The third kappa shape index (κ3) is 7.05. The van der Waals surface area contributed by atoms with Crippen LogP contribution in [0.3, 0.4) is 0 Å². The Kier molecular flexibility index (Phi) is 8.90. The van der Waals surface area contributed by atoms with E-state index in [2.05, 4.69) is 21.0 Å². The van der Waals surface area contributed by atoms with Gasteiger partial charge in [0.25, 0.3) is 5.91 Å². The topological polar surface area (TPSA) is 108 Å². The highest BCUT2D eigenvalue weighted by Gasteiger charge is 2.39. The van der Waals surface area contributed by atoms with E-state index >= 15 is 0 Å². The molecule has 2 aromatic rings. The maximum atomic E-state index is 13.5. The quantitative estimate of drug-likeness (QED) is 0.473. The first-order valence-corrected chi connectivity index (χ1v) is 13.1. The number of piperidine rings is 1. The molecule has 0 bridgehead atoms. The molecule has 38 heavy (non-hydrogen) atoms. The Hall–Kier alpha value is -3.57. The maximum absolute atomic E-state index is 13.5. The lowest BCUT2D eigenvalue weighted by atomic mass is 9.88. The summed E-state index contributed by atoms with van der Waals surface area (Å²) in [5.41, 5.74) is -1.48. The minimum absolute atomic E-state index is 0.0485. The van der Waals surface area contributed by atoms with Crippen LogP contribution in [-0.2, 0) is 11.0 Å². The molecule has 1 aliphatic carbocycles. The number of nitrogens with one attached hydrogen (secondary N) is 3. The minimum atomic E-state index is -4.80. The number of amides is 4. The van der Waals surface area contributed by atoms with Crippen LogP contribution in [0.5, 0.6) is 0 Å². The average Bonchev–Trinajstić information content (AvgIpc) is 3.39. The van der Waals surface area contributed by atoms with Gasteiger partial charge in [-0.05, 0) is 37.8 Å². The zero-order chi connectivity index (χ0) is 27.1. The van der Waals surface area contributed by atoms with Crippen molar-refractivity contribution in [1.29, 1.82) is 0 Å². The molecule has 2 fully saturated rings. The molecule has 4 rings (SSSR count). The van der Waals surface area contributed by atoms with E-state index in [4.69, 9.17) is 0 Å². The highest BCUT2D eigenvalue weighted by atomic mass is 19.4. The molecule has 1 aliphatic heterocycles. The second-order valence-electron chi connectivity index (χ2n) is 9.76. The zero-order valence-electron chi connectivity index (χ0n) is 21.1. The summed E-state index contributed by atoms with van der Waals surface area (Å²) >= 11 is 0. The number of carbonyl (C=O) groups excluding carboxylic acids is 3. The number of para-hydroxylation sites is 1. The summed E-state index contributed by atoms with van der Waals surface area (Å²) in [5, 5.41) is 11.8. The van der Waals surface area contributed by atoms with Crippen LogP contribution in [0.2, 0.25) is 0 Å². The van der Waals surface area contributed by atoms with Crippen LogP contribution in [0.15, 0.2) is 36.5 Å². The van der Waals surface area contributed by atoms with Gasteiger partial charge in [0.1, 0.15) is 0 Å². The number of aromatic nitrogens is 2. The molecule has 0 atom stereocenters. The summed E-state index contributed by atoms with van der Waals surface area (Å²) in [6.07, 6.45) is 2.83. The normalized spacial score (nSPS) is 17.2. The van der Waals surface area contributed by atoms with Gasteiger partial charge >= 0.3 is 12.2 Å². The SMILES string of the molecule is O=C(NCCNC(=O)N1CCC(NC(=O)C2CCCCC2)CC1)c1cn(-c2ccccc2)nc1C(F)(F)F. The van der Waals surface area contributed by atoms with Gasteiger partial charge in [-0.3, -0.25) is 9.59 Å². The summed E-state index contributed by atoms with van der Waals surface area (Å²) < 4.78 is 41.5. The van der Waals surface area contributed by atoms with Crippen molar-refractivity contribution >= 4 is 17.8 Å². The summed E-state index contributed by atoms with van der Waals surface area (Å²) in [4.78, 5) is 39.1. The van der Waals surface area contributed by atoms with E-state index in [9.17, 15) is 27.6 Å². The summed E-state index contributed by atoms with van der Waals surface area (Å²) in [6, 6.07) is 7.93. The number of alkyl halides is 3. The van der Waals surface area contributed by atoms with Crippen molar-refractivity contribution in [3.63, 3.8) is 0 Å². The van der Waals surface area contributed by atoms with Gasteiger partial charge in [0.15, 0.2) is 5.69 Å². The van der Waals surface area contributed by atoms with E-state index in [-0.39, 0.29) is 37.0 Å². The van der Waals surface area contributed by atoms with Crippen molar-refractivity contribution in [2.24, 2.45) is 5.92 Å². The lowest BCUT2D eigenvalue weighted by Gasteiger charge is -2.33. The van der Waals surface area contributed by atoms with Crippen LogP contribution in [0.25, 0.3) is 5.69 Å². The second kappa shape index (κ2) is 12.3. The number of likely N-dealkylation sites (tertiary alicyclic amines) is 1. The first kappa shape index (κ1) is 27.5. The molecule has 9 nitrogen and oxygen atoms in total. The number of hydrogen-bond acceptors (Lipinski definition) is 4. The lowest BCUT2D eigenvalue weighted by molar-refractivity contribution is -0.141. The fourth-order valence-electron chi connectivity index (χ4n) is 4.93. The molecule has 4 amide bonds. The van der Waals surface area contributed by atoms with E-state index in [0.29, 0.717) is 31.6 Å². The van der Waals surface area contributed by atoms with Gasteiger partial charge in [-0.1, -0.05) is 37.5 Å². The van der Waals surface area contributed by atoms with Gasteiger partial charge < -0.3 is 20.9 Å². The molecule has 206 valence electrons. The smallest absolute Gasteiger partial charge is 0.353 e. The monoisotopic (exact) mass is 534 g/mol. The molecule has 1 aromatic heterocycles. The average molecular weight is 535 g/mol. The standard InChI is InChI=1S/C26H33F3N6O3/c27-26(28,29)22-21(17-35(33-22)20-9-5-2-6-10-20)24(37)30-13-14-31-25(38)34-15-11-19(12-16-34)32-23(36)18-7-3-1-4-8-18/h2,5-6,9-10,17-19H,1,3-4,7-8,11-16H2,(H,30,37)(H,31,38)(H,32,36). The molecule has 12 heteroatoms. The maximum Gasteiger partial charge on any atom is 0.435 e. The largest absolute Gasteiger partial charge is 0.435 e. The van der Waals surface area contributed by atoms with E-state index in [0.717, 1.165) is 36.6 Å². The molecule has 2 heterocycles. The van der Waals surface area contributed by atoms with E-state index in [1.54, 1.807) is 35.2 Å². The highest BCUT2D eigenvalue weighted by Crippen LogP contribution is 2.31. The lowest BCUT2D eigenvalue weighted by Crippen LogP contribution is -2.51. The van der Waals surface area contributed by atoms with E-state index < -0.39 is 23.3 Å². The Morgan fingerprint density at radius 3 is 2.24 bits per heavy atom. The Bertz CT molecular complexity index is 1110. The molecule has 1 saturated heterocycles. The summed E-state index contributed by atoms with van der Waals surface area (Å²) in [6.45, 7) is 0.978. The summed E-state index contributed by atoms with van der Waals surface area (Å²) in [5.74, 6) is -0.713. The fourth-order valence-corrected chi connectivity index (χ4v) is 4.93. The van der Waals surface area contributed by atoms with Crippen molar-refractivity contribution < 1.29 is 27.6 Å². The van der Waals surface area contributed by atoms with Crippen LogP contribution < -0.4 is 16.0 Å². The number of hydrogen-bond donors (Lipinski definition) is 3. The van der Waals surface area contributed by atoms with Gasteiger partial charge in [0.05, 0.1) is 11.3 Å². The third-order valence-corrected chi connectivity index (χ3v) is 7.04. The van der Waals surface area contributed by atoms with Crippen molar-refractivity contribution in [1.82, 2.24) is 30.6 Å². The first-order chi connectivity index (χ1) is 18.2. The molecule has 1 saturated carbocycles. The number of benzene rings is 1. The molecule has 1 aromatic carbocycles. The molecular weight excluding hydrogens is 501 g/mol. The van der Waals surface area contributed by atoms with Crippen LogP contribution in [0, 0.1) is 5.92 Å². The molecule has 0 spiro atoms. The number of halogens is 3. The van der Waals surface area contributed by atoms with Crippen molar-refractivity contribution in [3.05, 3.63) is 47.8 Å². The van der Waals surface area contributed by atoms with E-state index in [1.165, 1.54) is 6.42 Å². The van der Waals surface area contributed by atoms with E-state index in [1.807, 2.05) is 0 Å². The van der Waals surface area contributed by atoms with Crippen molar-refractivity contribution in [3.8, 4) is 5.69 Å². The first-order valence-electron chi connectivity index (χ1n) is 13.1. The third-order valence-electron chi connectivity index (χ3n) is 7.04. The number of urea groups is 1. The van der Waals surface area contributed by atoms with Gasteiger partial charge in [-0.15, -0.1) is 0 Å². The molecule has 3 N–H and O–H groups in total. The zero-order valence-corrected chi connectivity index (χ0v) is 21.1. The minimum Gasteiger partial charge on any atom is -0.353 e. The Balaban J connectivity index is 1.21. The predicted molar refractivity (Wildman–Crippen MR) is 134 cm³/mol. The number of rotatable bonds is 7. The summed E-state index contributed by atoms with van der Waals surface area (Å²) in [7, 11) is 0. The Morgan fingerprint density at radius 1 is 0.921 bits per heavy atom. The second-order valence-corrected chi connectivity index (χ2v) is 9.76. The van der Waals surface area contributed by atoms with Crippen molar-refractivity contribution in [2.45, 2.75) is 57.2 Å². The van der Waals surface area contributed by atoms with Crippen LogP contribution in [-0.4, -0.2) is 64.7 Å². The Morgan fingerprint density at radius 2 is 1.58 bits per heavy atom. The number of nitrogens with zero attached hydrogens (tertiary/aromatic N) is 3. The van der Waals surface area contributed by atoms with Crippen LogP contribution >= 0.6 is 0 Å². The number of carbonyl (C=O) groups is 3. The van der Waals surface area contributed by atoms with Crippen LogP contribution in [0.1, 0.15) is 61.0 Å².